The highest BCUT2D eigenvalue weighted by Gasteiger charge is 2.35. The van der Waals surface area contributed by atoms with Crippen molar-refractivity contribution in [2.45, 2.75) is 57.7 Å². The van der Waals surface area contributed by atoms with E-state index in [0.717, 1.165) is 31.2 Å². The zero-order chi connectivity index (χ0) is 28.9. The molecule has 0 saturated heterocycles. The molecule has 1 aromatic heterocycles. The SMILES string of the molecule is CCOc1ccc(C(C(=O)NC2CCCCC2)N(C(=O)Cn2nnc3ccccc32)c2ccc3c(c2)OCCO3)cc1. The summed E-state index contributed by atoms with van der Waals surface area (Å²) in [6.07, 6.45) is 5.16. The van der Waals surface area contributed by atoms with E-state index in [4.69, 9.17) is 14.2 Å². The molecule has 2 aliphatic rings. The van der Waals surface area contributed by atoms with Gasteiger partial charge in [-0.1, -0.05) is 48.7 Å². The molecule has 1 atom stereocenters. The summed E-state index contributed by atoms with van der Waals surface area (Å²) in [5, 5.41) is 11.7. The van der Waals surface area contributed by atoms with E-state index in [1.54, 1.807) is 27.8 Å². The molecule has 0 bridgehead atoms. The van der Waals surface area contributed by atoms with Gasteiger partial charge in [-0.25, -0.2) is 4.68 Å². The Hall–Kier alpha value is -4.60. The lowest BCUT2D eigenvalue weighted by Gasteiger charge is -2.34. The van der Waals surface area contributed by atoms with Gasteiger partial charge in [0.1, 0.15) is 37.1 Å². The van der Waals surface area contributed by atoms with E-state index < -0.39 is 6.04 Å². The fourth-order valence-electron chi connectivity index (χ4n) is 5.72. The third-order valence-corrected chi connectivity index (χ3v) is 7.74. The molecule has 1 fully saturated rings. The van der Waals surface area contributed by atoms with Crippen molar-refractivity contribution < 1.29 is 23.8 Å². The largest absolute Gasteiger partial charge is 0.494 e. The van der Waals surface area contributed by atoms with Crippen LogP contribution in [0.3, 0.4) is 0 Å². The van der Waals surface area contributed by atoms with E-state index in [1.165, 1.54) is 6.42 Å². The van der Waals surface area contributed by atoms with Gasteiger partial charge in [0.05, 0.1) is 12.1 Å². The van der Waals surface area contributed by atoms with E-state index in [9.17, 15) is 9.59 Å². The molecule has 1 saturated carbocycles. The van der Waals surface area contributed by atoms with Crippen LogP contribution >= 0.6 is 0 Å². The number of nitrogens with zero attached hydrogens (tertiary/aromatic N) is 4. The quantitative estimate of drug-likeness (QED) is 0.308. The third kappa shape index (κ3) is 5.88. The van der Waals surface area contributed by atoms with Gasteiger partial charge in [0.15, 0.2) is 11.5 Å². The molecule has 3 aromatic carbocycles. The maximum atomic E-state index is 14.4. The second kappa shape index (κ2) is 12.5. The normalized spacial score (nSPS) is 15.6. The van der Waals surface area contributed by atoms with E-state index >= 15 is 0 Å². The topological polar surface area (TPSA) is 108 Å². The number of rotatable bonds is 9. The van der Waals surface area contributed by atoms with Crippen molar-refractivity contribution in [3.8, 4) is 17.2 Å². The highest BCUT2D eigenvalue weighted by atomic mass is 16.6. The van der Waals surface area contributed by atoms with Gasteiger partial charge in [-0.15, -0.1) is 5.10 Å². The molecule has 6 rings (SSSR count). The summed E-state index contributed by atoms with van der Waals surface area (Å²) in [5.41, 5.74) is 2.61. The number of fused-ring (bicyclic) bond motifs is 2. The molecule has 10 heteroatoms. The number of carbonyl (C=O) groups excluding carboxylic acids is 2. The average molecular weight is 570 g/mol. The van der Waals surface area contributed by atoms with Crippen LogP contribution in [0.15, 0.2) is 66.7 Å². The zero-order valence-corrected chi connectivity index (χ0v) is 23.7. The van der Waals surface area contributed by atoms with E-state index in [0.29, 0.717) is 53.8 Å². The average Bonchev–Trinajstić information content (AvgIpc) is 3.43. The van der Waals surface area contributed by atoms with Gasteiger partial charge in [-0.05, 0) is 61.7 Å². The molecular weight excluding hydrogens is 534 g/mol. The lowest BCUT2D eigenvalue weighted by Crippen LogP contribution is -2.48. The number of ether oxygens (including phenoxy) is 3. The number of aromatic nitrogens is 3. The Labute approximate surface area is 244 Å². The molecule has 218 valence electrons. The Balaban J connectivity index is 1.42. The first kappa shape index (κ1) is 27.6. The first-order chi connectivity index (χ1) is 20.6. The predicted molar refractivity (Wildman–Crippen MR) is 158 cm³/mol. The number of hydrogen-bond donors (Lipinski definition) is 1. The summed E-state index contributed by atoms with van der Waals surface area (Å²) in [5.74, 6) is 1.27. The fourth-order valence-corrected chi connectivity index (χ4v) is 5.72. The summed E-state index contributed by atoms with van der Waals surface area (Å²) in [6, 6.07) is 19.3. The van der Waals surface area contributed by atoms with Gasteiger partial charge < -0.3 is 19.5 Å². The summed E-state index contributed by atoms with van der Waals surface area (Å²) in [6.45, 7) is 3.19. The van der Waals surface area contributed by atoms with E-state index in [1.807, 2.05) is 55.5 Å². The summed E-state index contributed by atoms with van der Waals surface area (Å²) in [4.78, 5) is 30.1. The van der Waals surface area contributed by atoms with Crippen LogP contribution in [0, 0.1) is 0 Å². The second-order valence-electron chi connectivity index (χ2n) is 10.6. The molecule has 1 aliphatic heterocycles. The maximum absolute atomic E-state index is 14.4. The lowest BCUT2D eigenvalue weighted by atomic mass is 9.94. The highest BCUT2D eigenvalue weighted by molar-refractivity contribution is 6.02. The standard InChI is InChI=1S/C32H35N5O5/c1-2-40-25-15-12-22(13-16-25)31(32(39)33-23-8-4-3-5-9-23)37(24-14-17-28-29(20-24)42-19-18-41-28)30(38)21-36-27-11-7-6-10-26(27)34-35-36/h6-7,10-17,20,23,31H,2-5,8-9,18-19,21H2,1H3,(H,33,39). The molecule has 1 unspecified atom stereocenters. The number of benzene rings is 3. The monoisotopic (exact) mass is 569 g/mol. The van der Waals surface area contributed by atoms with Gasteiger partial charge in [-0.2, -0.15) is 0 Å². The summed E-state index contributed by atoms with van der Waals surface area (Å²) in [7, 11) is 0. The minimum absolute atomic E-state index is 0.0629. The van der Waals surface area contributed by atoms with Crippen LogP contribution in [-0.4, -0.2) is 52.7 Å². The molecule has 1 N–H and O–H groups in total. The minimum atomic E-state index is -0.951. The molecule has 0 spiro atoms. The number of hydrogen-bond acceptors (Lipinski definition) is 7. The lowest BCUT2D eigenvalue weighted by molar-refractivity contribution is -0.127. The third-order valence-electron chi connectivity index (χ3n) is 7.74. The van der Waals surface area contributed by atoms with Crippen LogP contribution in [0.25, 0.3) is 11.0 Å². The molecule has 1 aliphatic carbocycles. The predicted octanol–water partition coefficient (Wildman–Crippen LogP) is 4.82. The van der Waals surface area contributed by atoms with E-state index in [2.05, 4.69) is 15.6 Å². The first-order valence-electron chi connectivity index (χ1n) is 14.6. The van der Waals surface area contributed by atoms with Crippen LogP contribution in [-0.2, 0) is 16.1 Å². The van der Waals surface area contributed by atoms with Crippen LogP contribution in [0.2, 0.25) is 0 Å². The van der Waals surface area contributed by atoms with Crippen LogP contribution < -0.4 is 24.4 Å². The van der Waals surface area contributed by atoms with Crippen LogP contribution in [0.5, 0.6) is 17.2 Å². The van der Waals surface area contributed by atoms with Gasteiger partial charge in [0, 0.05) is 17.8 Å². The van der Waals surface area contributed by atoms with Crippen molar-refractivity contribution in [2.75, 3.05) is 24.7 Å². The van der Waals surface area contributed by atoms with Crippen molar-refractivity contribution in [1.82, 2.24) is 20.3 Å². The highest BCUT2D eigenvalue weighted by Crippen LogP contribution is 2.38. The number of carbonyl (C=O) groups is 2. The number of anilines is 1. The van der Waals surface area contributed by atoms with Crippen LogP contribution in [0.4, 0.5) is 5.69 Å². The van der Waals surface area contributed by atoms with Crippen molar-refractivity contribution in [1.29, 1.82) is 0 Å². The van der Waals surface area contributed by atoms with E-state index in [-0.39, 0.29) is 24.4 Å². The van der Waals surface area contributed by atoms with Crippen molar-refractivity contribution in [3.63, 3.8) is 0 Å². The molecule has 10 nitrogen and oxygen atoms in total. The molecule has 0 radical (unpaired) electrons. The summed E-state index contributed by atoms with van der Waals surface area (Å²) >= 11 is 0. The fraction of sp³-hybridized carbons (Fsp3) is 0.375. The van der Waals surface area contributed by atoms with Gasteiger partial charge in [-0.3, -0.25) is 14.5 Å². The van der Waals surface area contributed by atoms with Crippen molar-refractivity contribution in [3.05, 3.63) is 72.3 Å². The Morgan fingerprint density at radius 1 is 1.00 bits per heavy atom. The number of amides is 2. The first-order valence-corrected chi connectivity index (χ1v) is 14.6. The van der Waals surface area contributed by atoms with Gasteiger partial charge >= 0.3 is 0 Å². The molecule has 4 aromatic rings. The Morgan fingerprint density at radius 2 is 1.76 bits per heavy atom. The second-order valence-corrected chi connectivity index (χ2v) is 10.6. The molecule has 2 heterocycles. The van der Waals surface area contributed by atoms with Crippen LogP contribution in [0.1, 0.15) is 50.6 Å². The molecular formula is C32H35N5O5. The Kier molecular flexibility index (Phi) is 8.21. The number of para-hydroxylation sites is 1. The smallest absolute Gasteiger partial charge is 0.249 e. The Bertz CT molecular complexity index is 1550. The van der Waals surface area contributed by atoms with Crippen molar-refractivity contribution >= 4 is 28.5 Å². The minimum Gasteiger partial charge on any atom is -0.494 e. The number of nitrogens with one attached hydrogen (secondary N) is 1. The molecule has 42 heavy (non-hydrogen) atoms. The Morgan fingerprint density at radius 3 is 2.55 bits per heavy atom. The maximum Gasteiger partial charge on any atom is 0.249 e. The zero-order valence-electron chi connectivity index (χ0n) is 23.7. The van der Waals surface area contributed by atoms with Gasteiger partial charge in [0.25, 0.3) is 0 Å². The van der Waals surface area contributed by atoms with Gasteiger partial charge in [0.2, 0.25) is 11.8 Å². The summed E-state index contributed by atoms with van der Waals surface area (Å²) < 4.78 is 18.8. The van der Waals surface area contributed by atoms with Crippen molar-refractivity contribution in [2.24, 2.45) is 0 Å². The molecule has 2 amide bonds.